The van der Waals surface area contributed by atoms with Crippen molar-refractivity contribution < 1.29 is 28.7 Å². The van der Waals surface area contributed by atoms with E-state index in [9.17, 15) is 24.0 Å². The van der Waals surface area contributed by atoms with Crippen LogP contribution in [0.3, 0.4) is 0 Å². The predicted octanol–water partition coefficient (Wildman–Crippen LogP) is 2.90. The van der Waals surface area contributed by atoms with Crippen molar-refractivity contribution in [2.24, 2.45) is 39.7 Å². The van der Waals surface area contributed by atoms with Gasteiger partial charge in [-0.1, -0.05) is 73.6 Å². The van der Waals surface area contributed by atoms with Crippen LogP contribution in [-0.4, -0.2) is 78.9 Å². The molecule has 4 aliphatic rings. The lowest BCUT2D eigenvalue weighted by molar-refractivity contribution is -0.146. The third-order valence-electron chi connectivity index (χ3n) is 11.2. The normalized spacial score (nSPS) is 27.6. The Morgan fingerprint density at radius 2 is 1.61 bits per heavy atom. The van der Waals surface area contributed by atoms with Gasteiger partial charge in [-0.05, 0) is 59.7 Å². The number of nitrogens with zero attached hydrogens (tertiary/aromatic N) is 1. The van der Waals surface area contributed by atoms with Gasteiger partial charge >= 0.3 is 6.03 Å². The van der Waals surface area contributed by atoms with E-state index in [1.807, 2.05) is 27.7 Å². The Morgan fingerprint density at radius 1 is 0.977 bits per heavy atom. The van der Waals surface area contributed by atoms with E-state index in [0.717, 1.165) is 51.4 Å². The second-order valence-electron chi connectivity index (χ2n) is 16.0. The fourth-order valence-electron chi connectivity index (χ4n) is 8.27. The molecule has 11 nitrogen and oxygen atoms in total. The fourth-order valence-corrected chi connectivity index (χ4v) is 8.27. The first-order valence-electron chi connectivity index (χ1n) is 16.5. The third-order valence-corrected chi connectivity index (χ3v) is 11.2. The molecule has 1 heterocycles. The zero-order valence-corrected chi connectivity index (χ0v) is 27.8. The molecule has 3 aliphatic carbocycles. The lowest BCUT2D eigenvalue weighted by Gasteiger charge is -2.49. The summed E-state index contributed by atoms with van der Waals surface area (Å²) in [6.45, 7) is 13.0. The van der Waals surface area contributed by atoms with Crippen molar-refractivity contribution >= 4 is 29.5 Å². The number of ketones is 1. The molecular weight excluding hydrogens is 562 g/mol. The standard InChI is InChI=1S/C33H55N5O6/c1-31(2,3)22(18-44-7)36-30(43)37-26(33(6)13-8-9-14-33)29(42)38-17-20-16-32(4,5)23(20)24(38)28(41)35-21(25(39)27(34)40)15-19-11-10-12-19/h19-24,26H,8-18H2,1-7H3,(H2,34,40)(H,35,41)(H2,36,37,43)/t20?,21?,22?,23-,24?,26?/m0/s1. The van der Waals surface area contributed by atoms with Gasteiger partial charge < -0.3 is 31.3 Å². The van der Waals surface area contributed by atoms with Gasteiger partial charge in [0.1, 0.15) is 12.1 Å². The van der Waals surface area contributed by atoms with Crippen LogP contribution in [0.2, 0.25) is 0 Å². The minimum Gasteiger partial charge on any atom is -0.383 e. The molecule has 248 valence electrons. The summed E-state index contributed by atoms with van der Waals surface area (Å²) in [7, 11) is 1.59. The number of likely N-dealkylation sites (tertiary alicyclic amines) is 1. The number of carbonyl (C=O) groups excluding carboxylic acids is 5. The van der Waals surface area contributed by atoms with Crippen LogP contribution in [0, 0.1) is 34.0 Å². The summed E-state index contributed by atoms with van der Waals surface area (Å²) in [5, 5.41) is 8.93. The number of ether oxygens (including phenoxy) is 1. The van der Waals surface area contributed by atoms with Crippen LogP contribution in [0.25, 0.3) is 0 Å². The highest BCUT2D eigenvalue weighted by molar-refractivity contribution is 6.37. The summed E-state index contributed by atoms with van der Waals surface area (Å²) in [5.41, 5.74) is 4.44. The van der Waals surface area contributed by atoms with Crippen LogP contribution < -0.4 is 21.7 Å². The van der Waals surface area contributed by atoms with Gasteiger partial charge in [-0.2, -0.15) is 0 Å². The molecule has 0 aromatic heterocycles. The predicted molar refractivity (Wildman–Crippen MR) is 166 cm³/mol. The Labute approximate surface area is 262 Å². The van der Waals surface area contributed by atoms with Crippen LogP contribution in [0.5, 0.6) is 0 Å². The van der Waals surface area contributed by atoms with Crippen LogP contribution in [0.4, 0.5) is 4.79 Å². The van der Waals surface area contributed by atoms with Crippen LogP contribution in [0.1, 0.15) is 99.3 Å². The molecule has 44 heavy (non-hydrogen) atoms. The van der Waals surface area contributed by atoms with Crippen molar-refractivity contribution in [3.8, 4) is 0 Å². The molecule has 0 spiro atoms. The van der Waals surface area contributed by atoms with Crippen molar-refractivity contribution in [3.63, 3.8) is 0 Å². The maximum atomic E-state index is 14.6. The van der Waals surface area contributed by atoms with Crippen LogP contribution in [-0.2, 0) is 23.9 Å². The Balaban J connectivity index is 1.60. The first kappa shape index (κ1) is 34.2. The second kappa shape index (κ2) is 13.0. The molecule has 6 atom stereocenters. The zero-order valence-electron chi connectivity index (χ0n) is 27.8. The van der Waals surface area contributed by atoms with E-state index in [1.165, 1.54) is 0 Å². The Morgan fingerprint density at radius 3 is 2.11 bits per heavy atom. The second-order valence-corrected chi connectivity index (χ2v) is 16.0. The van der Waals surface area contributed by atoms with Crippen LogP contribution >= 0.6 is 0 Å². The Kier molecular flexibility index (Phi) is 10.1. The summed E-state index contributed by atoms with van der Waals surface area (Å²) in [4.78, 5) is 68.5. The minimum absolute atomic E-state index is 0.0997. The summed E-state index contributed by atoms with van der Waals surface area (Å²) in [5.74, 6) is -2.28. The van der Waals surface area contributed by atoms with Gasteiger partial charge in [-0.15, -0.1) is 0 Å². The molecule has 5 unspecified atom stereocenters. The molecule has 4 rings (SSSR count). The summed E-state index contributed by atoms with van der Waals surface area (Å²) < 4.78 is 5.36. The van der Waals surface area contributed by atoms with Crippen molar-refractivity contribution in [3.05, 3.63) is 0 Å². The summed E-state index contributed by atoms with van der Waals surface area (Å²) >= 11 is 0. The number of nitrogens with one attached hydrogen (secondary N) is 3. The summed E-state index contributed by atoms with van der Waals surface area (Å²) in [6, 6.07) is -3.37. The number of Topliss-reactive ketones (excluding diaryl/α,β-unsaturated/α-hetero) is 1. The Hall–Kier alpha value is -2.69. The molecule has 0 radical (unpaired) electrons. The molecular formula is C33H55N5O6. The average molecular weight is 618 g/mol. The molecule has 5 N–H and O–H groups in total. The smallest absolute Gasteiger partial charge is 0.315 e. The number of carbonyl (C=O) groups is 5. The van der Waals surface area contributed by atoms with Gasteiger partial charge in [0.25, 0.3) is 5.91 Å². The minimum atomic E-state index is -1.07. The molecule has 5 amide bonds. The van der Waals surface area contributed by atoms with E-state index >= 15 is 0 Å². The van der Waals surface area contributed by atoms with Crippen molar-refractivity contribution in [2.45, 2.75) is 123 Å². The summed E-state index contributed by atoms with van der Waals surface area (Å²) in [6.07, 6.45) is 7.66. The van der Waals surface area contributed by atoms with Gasteiger partial charge in [0, 0.05) is 13.7 Å². The SMILES string of the molecule is COCC(NC(=O)NC(C(=O)N1CC2CC(C)(C)[C@@H]2C1C(=O)NC(CC1CCC1)C(=O)C(N)=O)C1(C)CCCC1)C(C)(C)C. The van der Waals surface area contributed by atoms with Gasteiger partial charge in [-0.3, -0.25) is 19.2 Å². The highest BCUT2D eigenvalue weighted by atomic mass is 16.5. The number of hydrogen-bond donors (Lipinski definition) is 4. The Bertz CT molecular complexity index is 1120. The van der Waals surface area contributed by atoms with E-state index in [1.54, 1.807) is 12.0 Å². The lowest BCUT2D eigenvalue weighted by Crippen LogP contribution is -2.63. The average Bonchev–Trinajstić information content (AvgIpc) is 3.49. The maximum absolute atomic E-state index is 14.6. The number of amides is 5. The van der Waals surface area contributed by atoms with Crippen molar-refractivity contribution in [2.75, 3.05) is 20.3 Å². The van der Waals surface area contributed by atoms with E-state index in [0.29, 0.717) is 19.6 Å². The highest BCUT2D eigenvalue weighted by Crippen LogP contribution is 2.57. The number of urea groups is 1. The van der Waals surface area contributed by atoms with E-state index < -0.39 is 47.2 Å². The van der Waals surface area contributed by atoms with Gasteiger partial charge in [0.05, 0.1) is 18.7 Å². The number of hydrogen-bond acceptors (Lipinski definition) is 6. The quantitative estimate of drug-likeness (QED) is 0.247. The molecule has 4 fully saturated rings. The molecule has 0 aromatic rings. The fraction of sp³-hybridized carbons (Fsp3) is 0.848. The first-order chi connectivity index (χ1) is 20.5. The molecule has 3 saturated carbocycles. The molecule has 1 saturated heterocycles. The topological polar surface area (TPSA) is 160 Å². The van der Waals surface area contributed by atoms with Crippen molar-refractivity contribution in [1.29, 1.82) is 0 Å². The van der Waals surface area contributed by atoms with Gasteiger partial charge in [0.2, 0.25) is 17.6 Å². The number of fused-ring (bicyclic) bond motifs is 1. The van der Waals surface area contributed by atoms with E-state index in [2.05, 4.69) is 29.8 Å². The molecule has 0 bridgehead atoms. The van der Waals surface area contributed by atoms with Crippen molar-refractivity contribution in [1.82, 2.24) is 20.9 Å². The number of methoxy groups -OCH3 is 1. The van der Waals surface area contributed by atoms with E-state index in [4.69, 9.17) is 10.5 Å². The lowest BCUT2D eigenvalue weighted by atomic mass is 9.55. The van der Waals surface area contributed by atoms with Crippen LogP contribution in [0.15, 0.2) is 0 Å². The van der Waals surface area contributed by atoms with Gasteiger partial charge in [0.15, 0.2) is 0 Å². The van der Waals surface area contributed by atoms with E-state index in [-0.39, 0.29) is 40.5 Å². The van der Waals surface area contributed by atoms with Gasteiger partial charge in [-0.25, -0.2) is 4.79 Å². The number of rotatable bonds is 12. The molecule has 0 aromatic carbocycles. The number of primary amides is 1. The number of nitrogens with two attached hydrogens (primary N) is 1. The maximum Gasteiger partial charge on any atom is 0.315 e. The largest absolute Gasteiger partial charge is 0.383 e. The zero-order chi connectivity index (χ0) is 32.6. The molecule has 1 aliphatic heterocycles. The monoisotopic (exact) mass is 617 g/mol. The highest BCUT2D eigenvalue weighted by Gasteiger charge is 2.62. The third kappa shape index (κ3) is 7.07. The molecule has 11 heteroatoms. The first-order valence-corrected chi connectivity index (χ1v) is 16.5.